The zero-order chi connectivity index (χ0) is 15.4. The topological polar surface area (TPSA) is 80.3 Å². The molecule has 21 heavy (non-hydrogen) atoms. The second-order valence-corrected chi connectivity index (χ2v) is 4.60. The molecular weight excluding hydrogens is 268 g/mol. The molecule has 0 spiro atoms. The Kier molecular flexibility index (Phi) is 4.18. The van der Waals surface area contributed by atoms with Crippen LogP contribution in [0.1, 0.15) is 12.5 Å². The molecule has 0 aliphatic rings. The van der Waals surface area contributed by atoms with Crippen molar-refractivity contribution in [1.82, 2.24) is 0 Å². The lowest BCUT2D eigenvalue weighted by molar-refractivity contribution is -0.298. The van der Waals surface area contributed by atoms with E-state index in [-0.39, 0.29) is 11.1 Å². The van der Waals surface area contributed by atoms with E-state index in [4.69, 9.17) is 0 Å². The Labute approximate surface area is 121 Å². The highest BCUT2D eigenvalue weighted by Gasteiger charge is 2.03. The van der Waals surface area contributed by atoms with Crippen LogP contribution in [0.5, 0.6) is 0 Å². The molecule has 0 bridgehead atoms. The van der Waals surface area contributed by atoms with Gasteiger partial charge in [-0.05, 0) is 47.1 Å². The van der Waals surface area contributed by atoms with E-state index in [1.165, 1.54) is 13.0 Å². The number of rotatable bonds is 4. The van der Waals surface area contributed by atoms with Crippen LogP contribution in [0.25, 0.3) is 16.8 Å². The Morgan fingerprint density at radius 1 is 1.00 bits per heavy atom. The van der Waals surface area contributed by atoms with Crippen LogP contribution in [-0.2, 0) is 9.59 Å². The zero-order valence-electron chi connectivity index (χ0n) is 11.3. The summed E-state index contributed by atoms with van der Waals surface area (Å²) >= 11 is 0. The molecule has 0 saturated heterocycles. The van der Waals surface area contributed by atoms with Crippen LogP contribution in [0.2, 0.25) is 0 Å². The molecule has 0 unspecified atom stereocenters. The van der Waals surface area contributed by atoms with Gasteiger partial charge >= 0.3 is 0 Å². The van der Waals surface area contributed by atoms with Crippen molar-refractivity contribution >= 4 is 28.8 Å². The number of hydrogen-bond donors (Lipinski definition) is 0. The highest BCUT2D eigenvalue weighted by molar-refractivity contribution is 5.98. The molecule has 0 N–H and O–H groups in total. The minimum Gasteiger partial charge on any atom is -0.545 e. The van der Waals surface area contributed by atoms with Gasteiger partial charge in [0.25, 0.3) is 0 Å². The van der Waals surface area contributed by atoms with Gasteiger partial charge < -0.3 is 19.8 Å². The first-order chi connectivity index (χ1) is 9.97. The molecule has 2 aromatic carbocycles. The maximum Gasteiger partial charge on any atom is 0.0718 e. The lowest BCUT2D eigenvalue weighted by Crippen LogP contribution is -2.26. The normalized spacial score (nSPS) is 12.4. The summed E-state index contributed by atoms with van der Waals surface area (Å²) in [6, 6.07) is 13.1. The smallest absolute Gasteiger partial charge is 0.0718 e. The molecule has 0 aromatic heterocycles. The molecule has 2 rings (SSSR count). The molecule has 0 aliphatic heterocycles. The number of fused-ring (bicyclic) bond motifs is 1. The van der Waals surface area contributed by atoms with E-state index in [1.807, 2.05) is 36.4 Å². The molecule has 0 atom stereocenters. The van der Waals surface area contributed by atoms with Gasteiger partial charge in [-0.2, -0.15) is 0 Å². The van der Waals surface area contributed by atoms with Gasteiger partial charge in [0, 0.05) is 5.57 Å². The van der Waals surface area contributed by atoms with Crippen LogP contribution in [-0.4, -0.2) is 11.9 Å². The van der Waals surface area contributed by atoms with Crippen LogP contribution in [0.3, 0.4) is 0 Å². The Morgan fingerprint density at radius 3 is 2.29 bits per heavy atom. The molecule has 4 nitrogen and oxygen atoms in total. The van der Waals surface area contributed by atoms with E-state index in [0.717, 1.165) is 16.8 Å². The van der Waals surface area contributed by atoms with Crippen LogP contribution >= 0.6 is 0 Å². The molecule has 0 saturated carbocycles. The van der Waals surface area contributed by atoms with Crippen LogP contribution < -0.4 is 10.2 Å². The van der Waals surface area contributed by atoms with Crippen molar-refractivity contribution in [2.24, 2.45) is 0 Å². The first kappa shape index (κ1) is 14.5. The third kappa shape index (κ3) is 3.57. The van der Waals surface area contributed by atoms with Crippen molar-refractivity contribution in [3.8, 4) is 0 Å². The van der Waals surface area contributed by atoms with E-state index in [1.54, 1.807) is 6.07 Å². The van der Waals surface area contributed by atoms with Gasteiger partial charge in [-0.25, -0.2) is 0 Å². The fraction of sp³-hybridized carbons (Fsp3) is 0.0588. The maximum absolute atomic E-state index is 11.2. The first-order valence-electron chi connectivity index (χ1n) is 6.29. The Balaban J connectivity index is 2.49. The summed E-state index contributed by atoms with van der Waals surface area (Å²) in [5.41, 5.74) is 0.539. The second-order valence-electron chi connectivity index (χ2n) is 4.60. The van der Waals surface area contributed by atoms with Gasteiger partial charge in [0.15, 0.2) is 0 Å². The Hall–Kier alpha value is -2.88. The van der Waals surface area contributed by atoms with Crippen molar-refractivity contribution in [3.63, 3.8) is 0 Å². The largest absolute Gasteiger partial charge is 0.545 e. The van der Waals surface area contributed by atoms with Crippen molar-refractivity contribution < 1.29 is 19.8 Å². The number of carbonyl (C=O) groups excluding carboxylic acids is 2. The SMILES string of the molecule is CC(=CC(=O)[O-])C(=Cc1ccc2ccccc2c1)C(=O)[O-]. The molecular formula is C17H12O4-2. The third-order valence-corrected chi connectivity index (χ3v) is 3.06. The lowest BCUT2D eigenvalue weighted by Gasteiger charge is -2.10. The standard InChI is InChI=1S/C17H14O4/c1-11(8-16(18)19)15(17(20)21)10-12-6-7-13-4-2-3-5-14(13)9-12/h2-10H,1H3,(H,18,19)(H,20,21)/p-2. The fourth-order valence-electron chi connectivity index (χ4n) is 2.05. The number of carbonyl (C=O) groups is 2. The number of carboxylic acid groups (broad SMARTS) is 2. The van der Waals surface area contributed by atoms with Crippen molar-refractivity contribution in [1.29, 1.82) is 0 Å². The van der Waals surface area contributed by atoms with Gasteiger partial charge in [0.1, 0.15) is 0 Å². The molecule has 4 heteroatoms. The Bertz CT molecular complexity index is 769. The second kappa shape index (κ2) is 6.05. The number of benzene rings is 2. The average Bonchev–Trinajstić information content (AvgIpc) is 2.43. The lowest BCUT2D eigenvalue weighted by atomic mass is 10.0. The van der Waals surface area contributed by atoms with E-state index >= 15 is 0 Å². The average molecular weight is 280 g/mol. The van der Waals surface area contributed by atoms with E-state index in [9.17, 15) is 19.8 Å². The predicted molar refractivity (Wildman–Crippen MR) is 75.7 cm³/mol. The van der Waals surface area contributed by atoms with Gasteiger partial charge in [-0.3, -0.25) is 0 Å². The first-order valence-corrected chi connectivity index (χ1v) is 6.29. The summed E-state index contributed by atoms with van der Waals surface area (Å²) in [5, 5.41) is 23.7. The van der Waals surface area contributed by atoms with Crippen LogP contribution in [0, 0.1) is 0 Å². The van der Waals surface area contributed by atoms with Gasteiger partial charge in [0.05, 0.1) is 11.9 Å². The summed E-state index contributed by atoms with van der Waals surface area (Å²) in [6.07, 6.45) is 2.12. The fourth-order valence-corrected chi connectivity index (χ4v) is 2.05. The van der Waals surface area contributed by atoms with Crippen molar-refractivity contribution in [2.45, 2.75) is 6.92 Å². The molecule has 0 aliphatic carbocycles. The molecule has 2 aromatic rings. The third-order valence-electron chi connectivity index (χ3n) is 3.06. The maximum atomic E-state index is 11.2. The molecule has 0 radical (unpaired) electrons. The molecule has 0 heterocycles. The zero-order valence-corrected chi connectivity index (χ0v) is 11.3. The predicted octanol–water partition coefficient (Wildman–Crippen LogP) is 0.669. The minimum atomic E-state index is -1.45. The summed E-state index contributed by atoms with van der Waals surface area (Å²) in [7, 11) is 0. The van der Waals surface area contributed by atoms with Crippen LogP contribution in [0.15, 0.2) is 59.7 Å². The number of aliphatic carboxylic acids is 2. The monoisotopic (exact) mass is 280 g/mol. The van der Waals surface area contributed by atoms with Crippen molar-refractivity contribution in [2.75, 3.05) is 0 Å². The van der Waals surface area contributed by atoms with Gasteiger partial charge in [0.2, 0.25) is 0 Å². The highest BCUT2D eigenvalue weighted by atomic mass is 16.4. The molecule has 0 fully saturated rings. The van der Waals surface area contributed by atoms with Gasteiger partial charge in [-0.1, -0.05) is 36.4 Å². The van der Waals surface area contributed by atoms with Crippen LogP contribution in [0.4, 0.5) is 0 Å². The molecule has 0 amide bonds. The quantitative estimate of drug-likeness (QED) is 0.609. The summed E-state index contributed by atoms with van der Waals surface area (Å²) in [5.74, 6) is -2.88. The minimum absolute atomic E-state index is 0.0724. The summed E-state index contributed by atoms with van der Waals surface area (Å²) in [4.78, 5) is 21.7. The van der Waals surface area contributed by atoms with E-state index < -0.39 is 11.9 Å². The van der Waals surface area contributed by atoms with E-state index in [0.29, 0.717) is 5.56 Å². The van der Waals surface area contributed by atoms with Gasteiger partial charge in [-0.15, -0.1) is 0 Å². The Morgan fingerprint density at radius 2 is 1.67 bits per heavy atom. The van der Waals surface area contributed by atoms with E-state index in [2.05, 4.69) is 0 Å². The summed E-state index contributed by atoms with van der Waals surface area (Å²) < 4.78 is 0. The highest BCUT2D eigenvalue weighted by Crippen LogP contribution is 2.19. The molecule has 106 valence electrons. The number of carboxylic acids is 2. The number of hydrogen-bond acceptors (Lipinski definition) is 4. The summed E-state index contributed by atoms with van der Waals surface area (Å²) in [6.45, 7) is 1.39. The van der Waals surface area contributed by atoms with Crippen molar-refractivity contribution in [3.05, 3.63) is 65.3 Å².